The van der Waals surface area contributed by atoms with Crippen molar-refractivity contribution in [2.45, 2.75) is 6.42 Å². The lowest BCUT2D eigenvalue weighted by molar-refractivity contribution is -0.136. The molecule has 82 valence electrons. The number of para-hydroxylation sites is 1. The first-order chi connectivity index (χ1) is 7.68. The number of carboxylic acids is 1. The SMILES string of the molecule is Nc1ncc(CC(=O)O)n1-c1ccccc1. The first kappa shape index (κ1) is 10.2. The van der Waals surface area contributed by atoms with E-state index in [4.69, 9.17) is 10.8 Å². The number of imidazole rings is 1. The summed E-state index contributed by atoms with van der Waals surface area (Å²) in [6.07, 6.45) is 1.38. The van der Waals surface area contributed by atoms with Crippen LogP contribution in [0.2, 0.25) is 0 Å². The van der Waals surface area contributed by atoms with Gasteiger partial charge in [-0.3, -0.25) is 9.36 Å². The third kappa shape index (κ3) is 1.88. The summed E-state index contributed by atoms with van der Waals surface area (Å²) < 4.78 is 1.63. The van der Waals surface area contributed by atoms with Crippen LogP contribution in [-0.4, -0.2) is 20.6 Å². The lowest BCUT2D eigenvalue weighted by atomic mass is 10.3. The molecule has 5 heteroatoms. The average Bonchev–Trinajstić information content (AvgIpc) is 2.60. The fraction of sp³-hybridized carbons (Fsp3) is 0.0909. The third-order valence-corrected chi connectivity index (χ3v) is 2.21. The molecule has 0 aliphatic rings. The van der Waals surface area contributed by atoms with Gasteiger partial charge in [0.25, 0.3) is 0 Å². The van der Waals surface area contributed by atoms with Gasteiger partial charge in [0.05, 0.1) is 18.3 Å². The number of aliphatic carboxylic acids is 1. The highest BCUT2D eigenvalue weighted by molar-refractivity contribution is 5.70. The summed E-state index contributed by atoms with van der Waals surface area (Å²) >= 11 is 0. The van der Waals surface area contributed by atoms with Gasteiger partial charge in [-0.1, -0.05) is 18.2 Å². The second-order valence-corrected chi connectivity index (χ2v) is 3.35. The smallest absolute Gasteiger partial charge is 0.309 e. The van der Waals surface area contributed by atoms with E-state index in [1.165, 1.54) is 6.20 Å². The van der Waals surface area contributed by atoms with Gasteiger partial charge in [-0.05, 0) is 12.1 Å². The standard InChI is InChI=1S/C11H11N3O2/c12-11-13-7-9(6-10(15)16)14(11)8-4-2-1-3-5-8/h1-5,7H,6H2,(H2,12,13)(H,15,16). The molecule has 0 unspecified atom stereocenters. The van der Waals surface area contributed by atoms with Crippen LogP contribution in [-0.2, 0) is 11.2 Å². The number of nitrogens with zero attached hydrogens (tertiary/aromatic N) is 2. The molecule has 0 saturated carbocycles. The van der Waals surface area contributed by atoms with Crippen molar-refractivity contribution in [1.82, 2.24) is 9.55 Å². The molecule has 0 fully saturated rings. The number of rotatable bonds is 3. The van der Waals surface area contributed by atoms with E-state index in [1.54, 1.807) is 4.57 Å². The summed E-state index contributed by atoms with van der Waals surface area (Å²) in [5.41, 5.74) is 7.09. The number of aromatic nitrogens is 2. The number of benzene rings is 1. The zero-order chi connectivity index (χ0) is 11.5. The summed E-state index contributed by atoms with van der Waals surface area (Å²) in [5, 5.41) is 8.77. The number of nitrogen functional groups attached to an aromatic ring is 1. The van der Waals surface area contributed by atoms with E-state index in [9.17, 15) is 4.79 Å². The average molecular weight is 217 g/mol. The maximum atomic E-state index is 10.7. The van der Waals surface area contributed by atoms with Crippen molar-refractivity contribution in [2.75, 3.05) is 5.73 Å². The highest BCUT2D eigenvalue weighted by atomic mass is 16.4. The minimum absolute atomic E-state index is 0.0981. The monoisotopic (exact) mass is 217 g/mol. The van der Waals surface area contributed by atoms with Crippen LogP contribution in [0.4, 0.5) is 5.95 Å². The zero-order valence-corrected chi connectivity index (χ0v) is 8.50. The summed E-state index contributed by atoms with van der Waals surface area (Å²) in [6, 6.07) is 9.30. The molecule has 0 spiro atoms. The fourth-order valence-electron chi connectivity index (χ4n) is 1.56. The van der Waals surface area contributed by atoms with Crippen molar-refractivity contribution in [1.29, 1.82) is 0 Å². The van der Waals surface area contributed by atoms with E-state index in [0.717, 1.165) is 5.69 Å². The Morgan fingerprint density at radius 1 is 1.38 bits per heavy atom. The zero-order valence-electron chi connectivity index (χ0n) is 8.50. The number of hydrogen-bond donors (Lipinski definition) is 2. The molecule has 3 N–H and O–H groups in total. The van der Waals surface area contributed by atoms with Crippen LogP contribution >= 0.6 is 0 Å². The van der Waals surface area contributed by atoms with Gasteiger partial charge in [0.15, 0.2) is 0 Å². The molecular weight excluding hydrogens is 206 g/mol. The lowest BCUT2D eigenvalue weighted by Crippen LogP contribution is -2.08. The lowest BCUT2D eigenvalue weighted by Gasteiger charge is -2.07. The molecule has 0 saturated heterocycles. The minimum atomic E-state index is -0.905. The third-order valence-electron chi connectivity index (χ3n) is 2.21. The van der Waals surface area contributed by atoms with Crippen LogP contribution in [0.1, 0.15) is 5.69 Å². The van der Waals surface area contributed by atoms with E-state index < -0.39 is 5.97 Å². The quantitative estimate of drug-likeness (QED) is 0.806. The Morgan fingerprint density at radius 2 is 2.06 bits per heavy atom. The molecule has 0 atom stereocenters. The Bertz CT molecular complexity index is 505. The van der Waals surface area contributed by atoms with Gasteiger partial charge in [0.2, 0.25) is 5.95 Å². The predicted octanol–water partition coefficient (Wildman–Crippen LogP) is 1.08. The van der Waals surface area contributed by atoms with Crippen LogP contribution in [0.15, 0.2) is 36.5 Å². The van der Waals surface area contributed by atoms with Gasteiger partial charge < -0.3 is 10.8 Å². The van der Waals surface area contributed by atoms with Gasteiger partial charge in [-0.2, -0.15) is 0 Å². The molecule has 16 heavy (non-hydrogen) atoms. The van der Waals surface area contributed by atoms with Gasteiger partial charge >= 0.3 is 5.97 Å². The number of nitrogens with two attached hydrogens (primary N) is 1. The summed E-state index contributed by atoms with van der Waals surface area (Å²) in [6.45, 7) is 0. The van der Waals surface area contributed by atoms with E-state index in [2.05, 4.69) is 4.98 Å². The highest BCUT2D eigenvalue weighted by Crippen LogP contribution is 2.16. The van der Waals surface area contributed by atoms with E-state index in [-0.39, 0.29) is 6.42 Å². The van der Waals surface area contributed by atoms with Gasteiger partial charge in [-0.15, -0.1) is 0 Å². The van der Waals surface area contributed by atoms with Crippen molar-refractivity contribution < 1.29 is 9.90 Å². The first-order valence-corrected chi connectivity index (χ1v) is 4.78. The van der Waals surface area contributed by atoms with E-state index in [1.807, 2.05) is 30.3 Å². The van der Waals surface area contributed by atoms with E-state index in [0.29, 0.717) is 11.6 Å². The van der Waals surface area contributed by atoms with Crippen molar-refractivity contribution >= 4 is 11.9 Å². The van der Waals surface area contributed by atoms with Crippen LogP contribution in [0.25, 0.3) is 5.69 Å². The molecule has 0 aliphatic carbocycles. The molecule has 0 amide bonds. The van der Waals surface area contributed by atoms with Crippen LogP contribution in [0.5, 0.6) is 0 Å². The topological polar surface area (TPSA) is 81.1 Å². The molecule has 0 aliphatic heterocycles. The maximum absolute atomic E-state index is 10.7. The van der Waals surface area contributed by atoms with Crippen molar-refractivity contribution in [3.63, 3.8) is 0 Å². The van der Waals surface area contributed by atoms with Gasteiger partial charge in [0, 0.05) is 5.69 Å². The van der Waals surface area contributed by atoms with Crippen LogP contribution in [0, 0.1) is 0 Å². The van der Waals surface area contributed by atoms with Crippen molar-refractivity contribution in [3.05, 3.63) is 42.2 Å². The predicted molar refractivity (Wildman–Crippen MR) is 59.3 cm³/mol. The van der Waals surface area contributed by atoms with Crippen LogP contribution in [0.3, 0.4) is 0 Å². The number of carbonyl (C=O) groups is 1. The molecule has 1 heterocycles. The summed E-state index contributed by atoms with van der Waals surface area (Å²) in [7, 11) is 0. The molecule has 1 aromatic heterocycles. The molecular formula is C11H11N3O2. The van der Waals surface area contributed by atoms with E-state index >= 15 is 0 Å². The Labute approximate surface area is 92.2 Å². The van der Waals surface area contributed by atoms with Crippen molar-refractivity contribution in [2.24, 2.45) is 0 Å². The molecule has 2 rings (SSSR count). The second kappa shape index (κ2) is 4.06. The molecule has 5 nitrogen and oxygen atoms in total. The Balaban J connectivity index is 2.47. The maximum Gasteiger partial charge on any atom is 0.309 e. The second-order valence-electron chi connectivity index (χ2n) is 3.35. The first-order valence-electron chi connectivity index (χ1n) is 4.78. The summed E-state index contributed by atoms with van der Waals surface area (Å²) in [5.74, 6) is -0.612. The number of hydrogen-bond acceptors (Lipinski definition) is 3. The largest absolute Gasteiger partial charge is 0.481 e. The Kier molecular flexibility index (Phi) is 2.59. The Morgan fingerprint density at radius 3 is 2.69 bits per heavy atom. The normalized spacial score (nSPS) is 10.2. The molecule has 0 radical (unpaired) electrons. The van der Waals surface area contributed by atoms with Gasteiger partial charge in [0.1, 0.15) is 0 Å². The van der Waals surface area contributed by atoms with Crippen LogP contribution < -0.4 is 5.73 Å². The number of carboxylic acid groups (broad SMARTS) is 1. The minimum Gasteiger partial charge on any atom is -0.481 e. The Hall–Kier alpha value is -2.30. The molecule has 1 aromatic carbocycles. The highest BCUT2D eigenvalue weighted by Gasteiger charge is 2.11. The number of anilines is 1. The molecule has 0 bridgehead atoms. The fourth-order valence-corrected chi connectivity index (χ4v) is 1.56. The van der Waals surface area contributed by atoms with Crippen molar-refractivity contribution in [3.8, 4) is 5.69 Å². The van der Waals surface area contributed by atoms with Gasteiger partial charge in [-0.25, -0.2) is 4.98 Å². The molecule has 2 aromatic rings. The summed E-state index contributed by atoms with van der Waals surface area (Å²) in [4.78, 5) is 14.6.